The third-order valence-corrected chi connectivity index (χ3v) is 0.954. The molecule has 0 spiro atoms. The lowest BCUT2D eigenvalue weighted by atomic mass is 10.3. The van der Waals surface area contributed by atoms with Crippen LogP contribution in [0.1, 0.15) is 39.5 Å². The molecule has 0 aromatic carbocycles. The van der Waals surface area contributed by atoms with Gasteiger partial charge in [-0.2, -0.15) is 0 Å². The van der Waals surface area contributed by atoms with Gasteiger partial charge in [0.1, 0.15) is 0 Å². The van der Waals surface area contributed by atoms with Gasteiger partial charge in [-0.25, -0.2) is 5.11 Å². The van der Waals surface area contributed by atoms with Crippen molar-refractivity contribution in [1.29, 1.82) is 0 Å². The van der Waals surface area contributed by atoms with Gasteiger partial charge in [-0.15, -0.1) is 12.3 Å². The number of unbranched alkanes of at least 4 members (excludes halogenated alkanes) is 2. The van der Waals surface area contributed by atoms with Gasteiger partial charge in [0.25, 0.3) is 0 Å². The van der Waals surface area contributed by atoms with Gasteiger partial charge < -0.3 is 0 Å². The lowest BCUT2D eigenvalue weighted by Gasteiger charge is -1.79. The van der Waals surface area contributed by atoms with Crippen LogP contribution >= 0.6 is 0 Å². The molecule has 1 radical (unpaired) electrons. The second-order valence-electron chi connectivity index (χ2n) is 2.01. The summed E-state index contributed by atoms with van der Waals surface area (Å²) < 4.78 is 0. The van der Waals surface area contributed by atoms with Gasteiger partial charge in [0.05, 0.1) is 6.61 Å². The van der Waals surface area contributed by atoms with E-state index in [0.29, 0.717) is 6.42 Å². The molecule has 0 N–H and O–H groups in total. The van der Waals surface area contributed by atoms with E-state index < -0.39 is 0 Å². The Bertz CT molecular complexity index is 69.3. The minimum Gasteiger partial charge on any atom is -0.236 e. The zero-order chi connectivity index (χ0) is 8.24. The maximum atomic E-state index is 9.39. The van der Waals surface area contributed by atoms with Crippen LogP contribution in [0.3, 0.4) is 0 Å². The largest absolute Gasteiger partial charge is 0.236 e. The Morgan fingerprint density at radius 3 is 1.80 bits per heavy atom. The minimum absolute atomic E-state index is 0.142. The lowest BCUT2D eigenvalue weighted by molar-refractivity contribution is 0.201. The molecule has 0 aliphatic carbocycles. The summed E-state index contributed by atoms with van der Waals surface area (Å²) in [7, 11) is 0. The van der Waals surface area contributed by atoms with E-state index >= 15 is 0 Å². The van der Waals surface area contributed by atoms with Crippen LogP contribution in [0, 0.1) is 12.3 Å². The van der Waals surface area contributed by atoms with Crippen molar-refractivity contribution in [1.82, 2.24) is 0 Å². The minimum atomic E-state index is -0.142. The van der Waals surface area contributed by atoms with Crippen LogP contribution in [0.4, 0.5) is 0 Å². The normalized spacial score (nSPS) is 7.40. The third-order valence-electron chi connectivity index (χ3n) is 0.954. The van der Waals surface area contributed by atoms with E-state index in [2.05, 4.69) is 26.2 Å². The predicted molar refractivity (Wildman–Crippen MR) is 44.2 cm³/mol. The van der Waals surface area contributed by atoms with Crippen LogP contribution < -0.4 is 0 Å². The highest BCUT2D eigenvalue weighted by Gasteiger charge is 1.68. The highest BCUT2D eigenvalue weighted by Crippen LogP contribution is 1.88. The summed E-state index contributed by atoms with van der Waals surface area (Å²) in [6, 6.07) is 0. The van der Waals surface area contributed by atoms with E-state index in [1.165, 1.54) is 19.3 Å². The molecule has 0 bridgehead atoms. The number of terminal acetylenes is 1. The molecule has 0 heterocycles. The van der Waals surface area contributed by atoms with Crippen molar-refractivity contribution in [3.63, 3.8) is 0 Å². The van der Waals surface area contributed by atoms with Gasteiger partial charge >= 0.3 is 0 Å². The average molecular weight is 141 g/mol. The molecule has 0 unspecified atom stereocenters. The molecule has 0 amide bonds. The molecule has 0 rings (SSSR count). The molecule has 0 fully saturated rings. The van der Waals surface area contributed by atoms with E-state index in [4.69, 9.17) is 0 Å². The number of hydrogen-bond donors (Lipinski definition) is 0. The van der Waals surface area contributed by atoms with Gasteiger partial charge in [0, 0.05) is 6.42 Å². The fraction of sp³-hybridized carbons (Fsp3) is 0.778. The zero-order valence-corrected chi connectivity index (χ0v) is 7.02. The summed E-state index contributed by atoms with van der Waals surface area (Å²) in [5, 5.41) is 9.39. The Balaban J connectivity index is 0. The molecule has 0 aromatic rings. The second kappa shape index (κ2) is 15.8. The van der Waals surface area contributed by atoms with E-state index in [1.54, 1.807) is 0 Å². The molecule has 0 atom stereocenters. The third kappa shape index (κ3) is 25.8. The predicted octanol–water partition coefficient (Wildman–Crippen LogP) is 2.64. The van der Waals surface area contributed by atoms with E-state index in [1.807, 2.05) is 0 Å². The molecule has 1 heteroatoms. The summed E-state index contributed by atoms with van der Waals surface area (Å²) in [6.45, 7) is 4.28. The average Bonchev–Trinajstić information content (AvgIpc) is 1.93. The molecule has 0 aromatic heterocycles. The molecule has 0 saturated heterocycles. The first kappa shape index (κ1) is 12.2. The zero-order valence-electron chi connectivity index (χ0n) is 7.02. The van der Waals surface area contributed by atoms with Gasteiger partial charge in [-0.3, -0.25) is 0 Å². The Morgan fingerprint density at radius 2 is 1.80 bits per heavy atom. The molecule has 59 valence electrons. The lowest BCUT2D eigenvalue weighted by Crippen LogP contribution is -1.69. The van der Waals surface area contributed by atoms with Gasteiger partial charge in [0.15, 0.2) is 0 Å². The topological polar surface area (TPSA) is 19.9 Å². The maximum Gasteiger partial charge on any atom is 0.0931 e. The number of hydrogen-bond acceptors (Lipinski definition) is 0. The number of rotatable bonds is 3. The molecular formula is C9H17O. The van der Waals surface area contributed by atoms with Crippen molar-refractivity contribution in [3.8, 4) is 12.3 Å². The first-order chi connectivity index (χ1) is 4.83. The Kier molecular flexibility index (Phi) is 19.3. The SMILES string of the molecule is C#CCC[O].CCCCC. The Hall–Kier alpha value is -0.480. The van der Waals surface area contributed by atoms with Gasteiger partial charge in [0.2, 0.25) is 0 Å². The summed E-state index contributed by atoms with van der Waals surface area (Å²) in [4.78, 5) is 0. The standard InChI is InChI=1S/C5H12.C4H5O/c1-3-5-4-2;1-2-3-4-5/h3-5H2,1-2H3;1H,3-4H2. The highest BCUT2D eigenvalue weighted by molar-refractivity contribution is 4.82. The molecule has 0 aliphatic heterocycles. The van der Waals surface area contributed by atoms with Crippen molar-refractivity contribution in [3.05, 3.63) is 0 Å². The Morgan fingerprint density at radius 1 is 1.30 bits per heavy atom. The van der Waals surface area contributed by atoms with Gasteiger partial charge in [-0.1, -0.05) is 33.1 Å². The first-order valence-corrected chi connectivity index (χ1v) is 3.85. The van der Waals surface area contributed by atoms with Crippen LogP contribution in [0.25, 0.3) is 0 Å². The summed E-state index contributed by atoms with van der Waals surface area (Å²) in [5.74, 6) is 2.20. The molecular weight excluding hydrogens is 124 g/mol. The van der Waals surface area contributed by atoms with Crippen molar-refractivity contribution in [2.45, 2.75) is 39.5 Å². The quantitative estimate of drug-likeness (QED) is 0.538. The molecule has 0 saturated carbocycles. The maximum absolute atomic E-state index is 9.39. The van der Waals surface area contributed by atoms with Crippen molar-refractivity contribution in [2.75, 3.05) is 6.61 Å². The van der Waals surface area contributed by atoms with Crippen LogP contribution in [-0.4, -0.2) is 6.61 Å². The van der Waals surface area contributed by atoms with Crippen LogP contribution in [-0.2, 0) is 5.11 Å². The first-order valence-electron chi connectivity index (χ1n) is 3.85. The molecule has 10 heavy (non-hydrogen) atoms. The van der Waals surface area contributed by atoms with Crippen molar-refractivity contribution >= 4 is 0 Å². The summed E-state index contributed by atoms with van der Waals surface area (Å²) in [5.41, 5.74) is 0. The van der Waals surface area contributed by atoms with E-state index in [0.717, 1.165) is 0 Å². The molecule has 0 aliphatic rings. The van der Waals surface area contributed by atoms with Crippen molar-refractivity contribution < 1.29 is 5.11 Å². The highest BCUT2D eigenvalue weighted by atomic mass is 16.2. The summed E-state index contributed by atoms with van der Waals surface area (Å²) >= 11 is 0. The fourth-order valence-corrected chi connectivity index (χ4v) is 0.412. The van der Waals surface area contributed by atoms with Crippen molar-refractivity contribution in [2.24, 2.45) is 0 Å². The summed E-state index contributed by atoms with van der Waals surface area (Å²) in [6.07, 6.45) is 9.13. The smallest absolute Gasteiger partial charge is 0.0931 e. The van der Waals surface area contributed by atoms with E-state index in [-0.39, 0.29) is 6.61 Å². The van der Waals surface area contributed by atoms with Gasteiger partial charge in [-0.05, 0) is 0 Å². The van der Waals surface area contributed by atoms with Crippen LogP contribution in [0.2, 0.25) is 0 Å². The second-order valence-corrected chi connectivity index (χ2v) is 2.01. The van der Waals surface area contributed by atoms with E-state index in [9.17, 15) is 5.11 Å². The fourth-order valence-electron chi connectivity index (χ4n) is 0.412. The molecule has 1 nitrogen and oxygen atoms in total. The Labute approximate surface area is 64.5 Å². The van der Waals surface area contributed by atoms with Crippen LogP contribution in [0.15, 0.2) is 0 Å². The monoisotopic (exact) mass is 141 g/mol. The van der Waals surface area contributed by atoms with Crippen LogP contribution in [0.5, 0.6) is 0 Å².